The first-order chi connectivity index (χ1) is 64.8. The highest BCUT2D eigenvalue weighted by molar-refractivity contribution is 6.25. The second-order valence-corrected chi connectivity index (χ2v) is 33.7. The number of hydrogen-bond acceptors (Lipinski definition) is 4. The molecule has 0 saturated carbocycles. The smallest absolute Gasteiger partial charge is 0.187 e. The Morgan fingerprint density at radius 3 is 1.04 bits per heavy atom. The predicted octanol–water partition coefficient (Wildman–Crippen LogP) is 32.9. The van der Waals surface area contributed by atoms with E-state index in [1.165, 1.54) is 59.7 Å². The van der Waals surface area contributed by atoms with E-state index in [4.69, 9.17) is 28.1 Å². The summed E-state index contributed by atoms with van der Waals surface area (Å²) in [7, 11) is 0. The first kappa shape index (κ1) is 75.3. The van der Waals surface area contributed by atoms with Crippen molar-refractivity contribution in [2.45, 2.75) is 0 Å². The van der Waals surface area contributed by atoms with E-state index < -0.39 is 0 Å². The Bertz CT molecular complexity index is 9560. The van der Waals surface area contributed by atoms with Gasteiger partial charge in [0.15, 0.2) is 11.4 Å². The molecule has 0 aliphatic rings. The van der Waals surface area contributed by atoms with Gasteiger partial charge in [0.05, 0.1) is 102 Å². The van der Waals surface area contributed by atoms with Gasteiger partial charge in [0.25, 0.3) is 0 Å². The Hall–Kier alpha value is -18.2. The van der Waals surface area contributed by atoms with Gasteiger partial charge in [-0.05, 0) is 151 Å². The lowest BCUT2D eigenvalue weighted by Crippen LogP contribution is -1.99. The summed E-state index contributed by atoms with van der Waals surface area (Å²) in [5, 5.41) is 35.1. The van der Waals surface area contributed by atoms with Crippen molar-refractivity contribution in [3.63, 3.8) is 0 Å². The van der Waals surface area contributed by atoms with Crippen molar-refractivity contribution in [1.29, 1.82) is 5.26 Å². The zero-order valence-electron chi connectivity index (χ0n) is 70.5. The van der Waals surface area contributed by atoms with Gasteiger partial charge in [-0.15, -0.1) is 0 Å². The van der Waals surface area contributed by atoms with Crippen molar-refractivity contribution >= 4 is 196 Å². The highest BCUT2D eigenvalue weighted by Crippen LogP contribution is 2.47. The van der Waals surface area contributed by atoms with Crippen molar-refractivity contribution in [2.24, 2.45) is 0 Å². The molecule has 6 aromatic heterocycles. The Kier molecular flexibility index (Phi) is 17.6. The fraction of sp³-hybridized carbons (Fsp3) is 0. The highest BCUT2D eigenvalue weighted by Gasteiger charge is 2.25. The first-order valence-corrected chi connectivity index (χ1v) is 44.0. The van der Waals surface area contributed by atoms with Gasteiger partial charge >= 0.3 is 0 Å². The summed E-state index contributed by atoms with van der Waals surface area (Å²) < 4.78 is 7.15. The number of aromatic nitrogens is 6. The molecule has 0 radical (unpaired) electrons. The van der Waals surface area contributed by atoms with E-state index in [0.717, 1.165) is 187 Å². The maximum Gasteiger partial charge on any atom is 0.187 e. The van der Waals surface area contributed by atoms with Gasteiger partial charge in [0, 0.05) is 103 Å². The fourth-order valence-corrected chi connectivity index (χ4v) is 20.4. The highest BCUT2D eigenvalue weighted by atomic mass is 15.0. The molecular formula is C122H71N9. The molecule has 6 heterocycles. The lowest BCUT2D eigenvalue weighted by Gasteiger charge is -2.17. The van der Waals surface area contributed by atoms with Gasteiger partial charge < -0.3 is 13.7 Å². The average Bonchev–Trinajstić information content (AvgIpc) is 1.69. The number of pyridine rings is 3. The van der Waals surface area contributed by atoms with Gasteiger partial charge in [0.2, 0.25) is 0 Å². The van der Waals surface area contributed by atoms with E-state index in [-0.39, 0.29) is 0 Å². The third-order valence-corrected chi connectivity index (χ3v) is 26.5. The van der Waals surface area contributed by atoms with Gasteiger partial charge in [-0.1, -0.05) is 346 Å². The number of benzene rings is 21. The number of para-hydroxylation sites is 4. The first-order valence-electron chi connectivity index (χ1n) is 44.0. The van der Waals surface area contributed by atoms with Crippen LogP contribution < -0.4 is 0 Å². The molecule has 0 N–H and O–H groups in total. The molecule has 604 valence electrons. The zero-order chi connectivity index (χ0) is 86.9. The predicted molar refractivity (Wildman–Crippen MR) is 547 cm³/mol. The molecule has 27 aromatic rings. The summed E-state index contributed by atoms with van der Waals surface area (Å²) in [6.45, 7) is 14.6. The van der Waals surface area contributed by atoms with Crippen LogP contribution in [0, 0.1) is 24.5 Å². The SMILES string of the molecule is N#Cc1ccc2c(c1)c1ccccc1n2-c1cccc(-c2ccc3ccc4c(-c5ccccc5)c5ccc6ccccc6c5nc4c3c2)c1.[C-]#[N+]c1ccc(-c2ccc3c(c2)c2ccccc2n3-c2c3ccc4ccccc4c3nc3c2ccc2ccccc23)cc1.[C-]#[N+]c1ccc(-c2ccc3c(c2)c2ccccc2n3-c2c3ccccc3nc3c2ccc2ccccc23)cc1. The van der Waals surface area contributed by atoms with Crippen LogP contribution >= 0.6 is 0 Å². The zero-order valence-corrected chi connectivity index (χ0v) is 70.5. The molecule has 131 heavy (non-hydrogen) atoms. The summed E-state index contributed by atoms with van der Waals surface area (Å²) in [6, 6.07) is 154. The molecule has 0 aliphatic heterocycles. The summed E-state index contributed by atoms with van der Waals surface area (Å²) in [4.78, 5) is 23.1. The Morgan fingerprint density at radius 2 is 0.542 bits per heavy atom. The monoisotopic (exact) mass is 1660 g/mol. The normalized spacial score (nSPS) is 11.6. The summed E-state index contributed by atoms with van der Waals surface area (Å²) in [6.07, 6.45) is 0. The number of nitriles is 1. The van der Waals surface area contributed by atoms with Crippen molar-refractivity contribution < 1.29 is 0 Å². The number of rotatable bonds is 7. The summed E-state index contributed by atoms with van der Waals surface area (Å²) in [5.41, 5.74) is 27.4. The largest absolute Gasteiger partial charge is 0.309 e. The Labute approximate surface area is 751 Å². The van der Waals surface area contributed by atoms with Gasteiger partial charge in [0.1, 0.15) is 0 Å². The van der Waals surface area contributed by atoms with Crippen molar-refractivity contribution in [1.82, 2.24) is 28.7 Å². The molecule has 27 rings (SSSR count). The van der Waals surface area contributed by atoms with Crippen LogP contribution in [-0.2, 0) is 0 Å². The second-order valence-electron chi connectivity index (χ2n) is 33.7. The number of fused-ring (bicyclic) bond motifs is 25. The van der Waals surface area contributed by atoms with Crippen LogP contribution in [0.5, 0.6) is 0 Å². The molecule has 0 amide bonds. The lowest BCUT2D eigenvalue weighted by atomic mass is 9.92. The fourth-order valence-electron chi connectivity index (χ4n) is 20.4. The molecule has 0 saturated heterocycles. The molecule has 21 aromatic carbocycles. The molecule has 0 aliphatic carbocycles. The maximum absolute atomic E-state index is 9.61. The molecule has 0 bridgehead atoms. The second kappa shape index (κ2) is 30.6. The Morgan fingerprint density at radius 1 is 0.214 bits per heavy atom. The van der Waals surface area contributed by atoms with E-state index in [9.17, 15) is 5.26 Å². The van der Waals surface area contributed by atoms with Crippen molar-refractivity contribution in [2.75, 3.05) is 0 Å². The third kappa shape index (κ3) is 12.3. The minimum Gasteiger partial charge on any atom is -0.309 e. The van der Waals surface area contributed by atoms with E-state index in [1.54, 1.807) is 0 Å². The van der Waals surface area contributed by atoms with Crippen LogP contribution in [0.15, 0.2) is 431 Å². The van der Waals surface area contributed by atoms with Gasteiger partial charge in [-0.25, -0.2) is 24.6 Å². The molecule has 0 atom stereocenters. The van der Waals surface area contributed by atoms with E-state index in [0.29, 0.717) is 16.9 Å². The van der Waals surface area contributed by atoms with Crippen LogP contribution in [0.4, 0.5) is 11.4 Å². The topological polar surface area (TPSA) is 86.0 Å². The van der Waals surface area contributed by atoms with Gasteiger partial charge in [-0.3, -0.25) is 0 Å². The standard InChI is InChI=1S/C46H27N3.C40H23N3.C36H21N3/c47-28-29-17-24-43-41(25-29)37-15-6-7-16-42(37)49(43)35-13-8-12-33(26-35)34-19-18-31-21-23-39-44(32-10-2-1-3-11-32)38-22-20-30-9-4-5-14-36(30)45(38)48-46(39)40(31)27-34;1-41-29-19-14-25(15-20-29)28-18-23-37-35(24-28)32-12-6-7-13-36(32)43(37)40-33-21-16-26-8-2-4-10-30(26)38(33)42-39-31-11-5-3-9-27(31)17-22-34(39)40;1-37-26-18-14-23(15-19-26)25-17-21-34-31(22-25)28-10-5-7-13-33(28)39(34)36-29-11-4-6-12-32(29)38-35-27-9-3-2-8-24(27)16-20-30(35)36/h1-27H;2-24H;2-22H. The summed E-state index contributed by atoms with van der Waals surface area (Å²) >= 11 is 0. The maximum atomic E-state index is 9.61. The van der Waals surface area contributed by atoms with Crippen LogP contribution in [0.1, 0.15) is 5.56 Å². The molecule has 9 heteroatoms. The van der Waals surface area contributed by atoms with E-state index in [2.05, 4.69) is 400 Å². The molecule has 0 unspecified atom stereocenters. The molecule has 0 fully saturated rings. The quantitative estimate of drug-likeness (QED) is 0.0904. The third-order valence-electron chi connectivity index (χ3n) is 26.5. The number of hydrogen-bond donors (Lipinski definition) is 0. The summed E-state index contributed by atoms with van der Waals surface area (Å²) in [5.74, 6) is 0. The van der Waals surface area contributed by atoms with Crippen molar-refractivity contribution in [3.8, 4) is 67.6 Å². The van der Waals surface area contributed by atoms with Gasteiger partial charge in [-0.2, -0.15) is 5.26 Å². The lowest BCUT2D eigenvalue weighted by molar-refractivity contribution is 1.18. The molecule has 0 spiro atoms. The van der Waals surface area contributed by atoms with Crippen LogP contribution in [0.3, 0.4) is 0 Å². The van der Waals surface area contributed by atoms with Crippen LogP contribution in [-0.4, -0.2) is 28.7 Å². The molecule has 9 nitrogen and oxygen atoms in total. The Balaban J connectivity index is 0.000000107. The van der Waals surface area contributed by atoms with Crippen LogP contribution in [0.25, 0.3) is 256 Å². The minimum absolute atomic E-state index is 0.651. The minimum atomic E-state index is 0.651. The van der Waals surface area contributed by atoms with Crippen molar-refractivity contribution in [3.05, 3.63) is 459 Å². The van der Waals surface area contributed by atoms with E-state index in [1.807, 2.05) is 60.7 Å². The number of nitrogens with zero attached hydrogens (tertiary/aromatic N) is 9. The van der Waals surface area contributed by atoms with E-state index >= 15 is 0 Å². The molecular weight excluding hydrogens is 1590 g/mol. The average molecular weight is 1660 g/mol. The van der Waals surface area contributed by atoms with Crippen LogP contribution in [0.2, 0.25) is 0 Å².